The van der Waals surface area contributed by atoms with Crippen LogP contribution in [0.5, 0.6) is 23.0 Å². The second-order valence-electron chi connectivity index (χ2n) is 15.3. The van der Waals surface area contributed by atoms with Crippen molar-refractivity contribution in [1.29, 1.82) is 0 Å². The van der Waals surface area contributed by atoms with Crippen LogP contribution in [-0.4, -0.2) is 0 Å². The fraction of sp³-hybridized carbons (Fsp3) is 0.0175. The van der Waals surface area contributed by atoms with Gasteiger partial charge in [0.15, 0.2) is 49.6 Å². The minimum Gasteiger partial charge on any atom is -0.457 e. The third kappa shape index (κ3) is 9.31. The van der Waals surface area contributed by atoms with Crippen LogP contribution in [0.25, 0.3) is 45.0 Å². The first kappa shape index (κ1) is 38.7. The van der Waals surface area contributed by atoms with Crippen molar-refractivity contribution in [3.63, 3.8) is 0 Å². The molecule has 4 aromatic heterocycles. The summed E-state index contributed by atoms with van der Waals surface area (Å²) in [7, 11) is 0. The van der Waals surface area contributed by atoms with Gasteiger partial charge in [-0.15, -0.1) is 0 Å². The predicted molar refractivity (Wildman–Crippen MR) is 246 cm³/mol. The molecule has 300 valence electrons. The fourth-order valence-corrected chi connectivity index (χ4v) is 7.64. The summed E-state index contributed by atoms with van der Waals surface area (Å²) in [6.07, 6.45) is 17.7. The molecular formula is C57H44N4O2+4. The molecule has 10 aromatic rings. The van der Waals surface area contributed by atoms with Crippen molar-refractivity contribution in [2.45, 2.75) is 6.42 Å². The van der Waals surface area contributed by atoms with Crippen LogP contribution in [0.2, 0.25) is 0 Å². The Morgan fingerprint density at radius 2 is 0.556 bits per heavy atom. The first-order valence-corrected chi connectivity index (χ1v) is 21.1. The van der Waals surface area contributed by atoms with Gasteiger partial charge in [-0.05, 0) is 76.2 Å². The number of hydrogen-bond acceptors (Lipinski definition) is 2. The lowest BCUT2D eigenvalue weighted by Gasteiger charge is -2.06. The van der Waals surface area contributed by atoms with Gasteiger partial charge in [0, 0.05) is 84.9 Å². The van der Waals surface area contributed by atoms with E-state index in [1.165, 1.54) is 11.1 Å². The summed E-state index contributed by atoms with van der Waals surface area (Å²) in [5.41, 5.74) is 11.5. The molecule has 0 bridgehead atoms. The van der Waals surface area contributed by atoms with Crippen molar-refractivity contribution in [3.05, 3.63) is 267 Å². The Labute approximate surface area is 367 Å². The monoisotopic (exact) mass is 816 g/mol. The van der Waals surface area contributed by atoms with E-state index in [1.807, 2.05) is 97.1 Å². The molecule has 4 heterocycles. The Morgan fingerprint density at radius 1 is 0.254 bits per heavy atom. The van der Waals surface area contributed by atoms with Gasteiger partial charge in [-0.25, -0.2) is 0 Å². The smallest absolute Gasteiger partial charge is 0.214 e. The third-order valence-electron chi connectivity index (χ3n) is 11.1. The zero-order valence-corrected chi connectivity index (χ0v) is 34.6. The average molecular weight is 817 g/mol. The summed E-state index contributed by atoms with van der Waals surface area (Å²) in [4.78, 5) is 0. The minimum absolute atomic E-state index is 0.802. The Morgan fingerprint density at radius 3 is 0.889 bits per heavy atom. The fourth-order valence-electron chi connectivity index (χ4n) is 7.64. The van der Waals surface area contributed by atoms with Crippen LogP contribution >= 0.6 is 0 Å². The molecule has 0 fully saturated rings. The summed E-state index contributed by atoms with van der Waals surface area (Å²) < 4.78 is 20.6. The molecule has 0 unspecified atom stereocenters. The van der Waals surface area contributed by atoms with Crippen LogP contribution in [0.15, 0.2) is 256 Å². The molecule has 0 spiro atoms. The van der Waals surface area contributed by atoms with Crippen LogP contribution in [0.1, 0.15) is 11.1 Å². The van der Waals surface area contributed by atoms with Crippen molar-refractivity contribution in [1.82, 2.24) is 0 Å². The van der Waals surface area contributed by atoms with Gasteiger partial charge in [-0.3, -0.25) is 0 Å². The Kier molecular flexibility index (Phi) is 11.1. The Hall–Kier alpha value is -8.48. The summed E-state index contributed by atoms with van der Waals surface area (Å²) in [5.74, 6) is 3.24. The van der Waals surface area contributed by atoms with E-state index < -0.39 is 0 Å². The predicted octanol–water partition coefficient (Wildman–Crippen LogP) is 11.3. The highest BCUT2D eigenvalue weighted by Crippen LogP contribution is 2.25. The molecular weight excluding hydrogens is 773 g/mol. The van der Waals surface area contributed by atoms with Crippen LogP contribution < -0.4 is 27.7 Å². The van der Waals surface area contributed by atoms with Gasteiger partial charge < -0.3 is 9.47 Å². The van der Waals surface area contributed by atoms with Gasteiger partial charge in [0.25, 0.3) is 0 Å². The maximum Gasteiger partial charge on any atom is 0.214 e. The molecule has 0 radical (unpaired) electrons. The summed E-state index contributed by atoms with van der Waals surface area (Å²) in [6, 6.07) is 70.8. The molecule has 0 N–H and O–H groups in total. The number of benzene rings is 6. The van der Waals surface area contributed by atoms with Crippen molar-refractivity contribution >= 4 is 0 Å². The SMILES string of the molecule is c1ccc(Oc2cccc(-[n+]3ccc(-c4cc[n+](-c5ccc(Cc6ccc(-[n+]7ccc(-c8cc[n+](-c9cccc(Oc%10ccccc%10)c9)cc8)cc7)cc6)cc5)cc4)cc3)c2)cc1. The highest BCUT2D eigenvalue weighted by atomic mass is 16.5. The lowest BCUT2D eigenvalue weighted by Crippen LogP contribution is -2.29. The van der Waals surface area contributed by atoms with Crippen molar-refractivity contribution < 1.29 is 27.7 Å². The number of para-hydroxylation sites is 2. The molecule has 6 aromatic carbocycles. The summed E-state index contributed by atoms with van der Waals surface area (Å²) >= 11 is 0. The molecule has 6 heteroatoms. The number of aromatic nitrogens is 4. The number of hydrogen-bond donors (Lipinski definition) is 0. The van der Waals surface area contributed by atoms with E-state index in [0.717, 1.165) is 74.4 Å². The van der Waals surface area contributed by atoms with Crippen molar-refractivity contribution in [2.75, 3.05) is 0 Å². The van der Waals surface area contributed by atoms with Gasteiger partial charge in [0.05, 0.1) is 12.1 Å². The van der Waals surface area contributed by atoms with Crippen LogP contribution in [0, 0.1) is 0 Å². The van der Waals surface area contributed by atoms with E-state index in [2.05, 4.69) is 177 Å². The van der Waals surface area contributed by atoms with Gasteiger partial charge in [-0.1, -0.05) is 72.8 Å². The topological polar surface area (TPSA) is 34.0 Å². The van der Waals surface area contributed by atoms with Gasteiger partial charge in [0.2, 0.25) is 22.7 Å². The lowest BCUT2D eigenvalue weighted by molar-refractivity contribution is -0.596. The van der Waals surface area contributed by atoms with Crippen LogP contribution in [0.3, 0.4) is 0 Å². The molecule has 63 heavy (non-hydrogen) atoms. The van der Waals surface area contributed by atoms with Crippen LogP contribution in [0.4, 0.5) is 0 Å². The standard InChI is InChI=1S/C57H44N4O2/c1-3-11-54(12-4-1)62-56-15-7-9-52(42-56)60-37-29-48(30-38-60)46-25-33-58(34-26-46)50-21-17-44(18-22-50)41-45-19-23-51(24-20-45)59-35-27-47(28-36-59)49-31-39-61(40-32-49)53-10-8-16-57(43-53)63-55-13-5-2-6-14-55/h1-40,42-43H,41H2/q+4. The highest BCUT2D eigenvalue weighted by molar-refractivity contribution is 5.62. The zero-order chi connectivity index (χ0) is 42.2. The average Bonchev–Trinajstić information content (AvgIpc) is 3.36. The number of nitrogens with zero attached hydrogens (tertiary/aromatic N) is 4. The molecule has 0 saturated carbocycles. The molecule has 0 aliphatic carbocycles. The Balaban J connectivity index is 0.734. The van der Waals surface area contributed by atoms with E-state index >= 15 is 0 Å². The lowest BCUT2D eigenvalue weighted by atomic mass is 10.0. The van der Waals surface area contributed by atoms with Gasteiger partial charge >= 0.3 is 0 Å². The van der Waals surface area contributed by atoms with E-state index in [4.69, 9.17) is 9.47 Å². The quantitative estimate of drug-likeness (QED) is 0.115. The molecule has 0 saturated heterocycles. The van der Waals surface area contributed by atoms with Crippen LogP contribution in [-0.2, 0) is 6.42 Å². The number of rotatable bonds is 12. The number of pyridine rings is 4. The molecule has 6 nitrogen and oxygen atoms in total. The van der Waals surface area contributed by atoms with Crippen molar-refractivity contribution in [2.24, 2.45) is 0 Å². The molecule has 10 rings (SSSR count). The van der Waals surface area contributed by atoms with Crippen molar-refractivity contribution in [3.8, 4) is 68.0 Å². The largest absolute Gasteiger partial charge is 0.457 e. The Bertz CT molecular complexity index is 2850. The van der Waals surface area contributed by atoms with E-state index in [1.54, 1.807) is 0 Å². The molecule has 0 aliphatic heterocycles. The summed E-state index contributed by atoms with van der Waals surface area (Å²) in [6.45, 7) is 0. The molecule has 0 aliphatic rings. The minimum atomic E-state index is 0.802. The second kappa shape index (κ2) is 18.0. The highest BCUT2D eigenvalue weighted by Gasteiger charge is 2.14. The first-order valence-electron chi connectivity index (χ1n) is 21.1. The van der Waals surface area contributed by atoms with Gasteiger partial charge in [-0.2, -0.15) is 18.3 Å². The summed E-state index contributed by atoms with van der Waals surface area (Å²) in [5, 5.41) is 0. The van der Waals surface area contributed by atoms with E-state index in [-0.39, 0.29) is 0 Å². The first-order chi connectivity index (χ1) is 31.1. The van der Waals surface area contributed by atoms with E-state index in [0.29, 0.717) is 0 Å². The normalized spacial score (nSPS) is 10.9. The maximum atomic E-state index is 6.05. The molecule has 0 amide bonds. The zero-order valence-electron chi connectivity index (χ0n) is 34.6. The third-order valence-corrected chi connectivity index (χ3v) is 11.1. The number of ether oxygens (including phenoxy) is 2. The maximum absolute atomic E-state index is 6.05. The van der Waals surface area contributed by atoms with E-state index in [9.17, 15) is 0 Å². The van der Waals surface area contributed by atoms with Gasteiger partial charge in [0.1, 0.15) is 23.0 Å². The second-order valence-corrected chi connectivity index (χ2v) is 15.3. The molecule has 0 atom stereocenters.